The van der Waals surface area contributed by atoms with Gasteiger partial charge in [0.15, 0.2) is 0 Å². The lowest BCUT2D eigenvalue weighted by atomic mass is 10.1. The van der Waals surface area contributed by atoms with Crippen molar-refractivity contribution in [1.29, 1.82) is 0 Å². The number of nitrogens with two attached hydrogens (primary N) is 1. The smallest absolute Gasteiger partial charge is 0.303 e. The maximum absolute atomic E-state index is 10.3. The molecule has 0 rings (SSSR count). The summed E-state index contributed by atoms with van der Waals surface area (Å²) in [5.41, 5.74) is 5.43. The summed E-state index contributed by atoms with van der Waals surface area (Å²) in [5, 5.41) is 8.47. The van der Waals surface area contributed by atoms with Gasteiger partial charge in [-0.2, -0.15) is 0 Å². The normalized spacial score (nSPS) is 10.1. The Balaban J connectivity index is 0. The van der Waals surface area contributed by atoms with E-state index in [-0.39, 0.29) is 12.4 Å². The van der Waals surface area contributed by atoms with Crippen LogP contribution in [0.4, 0.5) is 0 Å². The van der Waals surface area contributed by atoms with Gasteiger partial charge >= 0.3 is 5.97 Å². The number of halogens is 1. The number of aliphatic carboxylic acids is 1. The highest BCUT2D eigenvalue weighted by atomic mass is 35.5. The predicted octanol–water partition coefficient (Wildman–Crippen LogP) is 4.13. The van der Waals surface area contributed by atoms with Gasteiger partial charge in [0.1, 0.15) is 0 Å². The lowest BCUT2D eigenvalue weighted by Crippen LogP contribution is -1.97. The molecule has 0 aromatic rings. The first kappa shape index (κ1) is 20.0. The van der Waals surface area contributed by atoms with E-state index in [1.165, 1.54) is 57.8 Å². The Kier molecular flexibility index (Phi) is 18.6. The molecule has 0 fully saturated rings. The lowest BCUT2D eigenvalue weighted by Gasteiger charge is -2.02. The zero-order valence-corrected chi connectivity index (χ0v) is 12.3. The van der Waals surface area contributed by atoms with Crippen LogP contribution < -0.4 is 5.73 Å². The molecule has 0 atom stereocenters. The van der Waals surface area contributed by atoms with E-state index in [9.17, 15) is 4.79 Å². The average molecular weight is 280 g/mol. The van der Waals surface area contributed by atoms with Crippen molar-refractivity contribution in [3.63, 3.8) is 0 Å². The third-order valence-corrected chi connectivity index (χ3v) is 3.09. The molecule has 18 heavy (non-hydrogen) atoms. The first-order valence-corrected chi connectivity index (χ1v) is 7.19. The van der Waals surface area contributed by atoms with Gasteiger partial charge in [0.2, 0.25) is 0 Å². The van der Waals surface area contributed by atoms with Crippen LogP contribution in [0, 0.1) is 0 Å². The van der Waals surface area contributed by atoms with Crippen LogP contribution in [0.2, 0.25) is 0 Å². The summed E-state index contributed by atoms with van der Waals surface area (Å²) in [6.07, 6.45) is 13.8. The van der Waals surface area contributed by atoms with Gasteiger partial charge in [-0.15, -0.1) is 12.4 Å². The molecule has 4 heteroatoms. The second-order valence-electron chi connectivity index (χ2n) is 4.82. The van der Waals surface area contributed by atoms with Crippen molar-refractivity contribution in [2.24, 2.45) is 5.73 Å². The van der Waals surface area contributed by atoms with Crippen molar-refractivity contribution in [1.82, 2.24) is 0 Å². The summed E-state index contributed by atoms with van der Waals surface area (Å²) in [6, 6.07) is 0. The van der Waals surface area contributed by atoms with Gasteiger partial charge in [-0.3, -0.25) is 4.79 Å². The molecule has 0 saturated carbocycles. The topological polar surface area (TPSA) is 63.3 Å². The van der Waals surface area contributed by atoms with Gasteiger partial charge < -0.3 is 10.8 Å². The first-order chi connectivity index (χ1) is 8.27. The summed E-state index contributed by atoms with van der Waals surface area (Å²) in [4.78, 5) is 10.3. The summed E-state index contributed by atoms with van der Waals surface area (Å²) >= 11 is 0. The number of rotatable bonds is 13. The van der Waals surface area contributed by atoms with E-state index < -0.39 is 5.97 Å². The fourth-order valence-corrected chi connectivity index (χ4v) is 2.01. The van der Waals surface area contributed by atoms with Crippen LogP contribution in [-0.4, -0.2) is 17.6 Å². The second-order valence-corrected chi connectivity index (χ2v) is 4.82. The lowest BCUT2D eigenvalue weighted by molar-refractivity contribution is -0.137. The maximum atomic E-state index is 10.3. The Morgan fingerprint density at radius 2 is 1.06 bits per heavy atom. The largest absolute Gasteiger partial charge is 0.481 e. The van der Waals surface area contributed by atoms with Crippen LogP contribution in [-0.2, 0) is 4.79 Å². The van der Waals surface area contributed by atoms with Crippen LogP contribution in [0.25, 0.3) is 0 Å². The molecular formula is C14H30ClNO2. The van der Waals surface area contributed by atoms with E-state index in [4.69, 9.17) is 10.8 Å². The number of hydrogen-bond donors (Lipinski definition) is 2. The van der Waals surface area contributed by atoms with Gasteiger partial charge in [0, 0.05) is 6.42 Å². The summed E-state index contributed by atoms with van der Waals surface area (Å²) in [7, 11) is 0. The molecular weight excluding hydrogens is 250 g/mol. The minimum absolute atomic E-state index is 0. The Bertz CT molecular complexity index is 177. The van der Waals surface area contributed by atoms with Crippen LogP contribution in [0.15, 0.2) is 0 Å². The maximum Gasteiger partial charge on any atom is 0.303 e. The van der Waals surface area contributed by atoms with Crippen molar-refractivity contribution < 1.29 is 9.90 Å². The van der Waals surface area contributed by atoms with Gasteiger partial charge in [0.05, 0.1) is 0 Å². The molecule has 0 bridgehead atoms. The van der Waals surface area contributed by atoms with E-state index in [2.05, 4.69) is 0 Å². The van der Waals surface area contributed by atoms with E-state index in [1.807, 2.05) is 0 Å². The fraction of sp³-hybridized carbons (Fsp3) is 0.929. The molecule has 0 aromatic heterocycles. The van der Waals surface area contributed by atoms with Crippen LogP contribution in [0.1, 0.15) is 77.0 Å². The molecule has 0 saturated heterocycles. The van der Waals surface area contributed by atoms with Crippen molar-refractivity contribution in [2.45, 2.75) is 77.0 Å². The third-order valence-electron chi connectivity index (χ3n) is 3.09. The van der Waals surface area contributed by atoms with E-state index >= 15 is 0 Å². The fourth-order valence-electron chi connectivity index (χ4n) is 2.01. The monoisotopic (exact) mass is 279 g/mol. The van der Waals surface area contributed by atoms with Crippen molar-refractivity contribution in [2.75, 3.05) is 6.54 Å². The molecule has 0 unspecified atom stereocenters. The number of carbonyl (C=O) groups is 1. The minimum atomic E-state index is -0.664. The Labute approximate surface area is 118 Å². The van der Waals surface area contributed by atoms with E-state index in [0.717, 1.165) is 19.4 Å². The Hall–Kier alpha value is -0.280. The van der Waals surface area contributed by atoms with Crippen molar-refractivity contribution in [3.8, 4) is 0 Å². The highest BCUT2D eigenvalue weighted by Crippen LogP contribution is 2.11. The molecule has 0 aliphatic rings. The summed E-state index contributed by atoms with van der Waals surface area (Å²) in [5.74, 6) is -0.664. The van der Waals surface area contributed by atoms with Gasteiger partial charge in [-0.25, -0.2) is 0 Å². The molecule has 110 valence electrons. The minimum Gasteiger partial charge on any atom is -0.481 e. The molecule has 0 spiro atoms. The Morgan fingerprint density at radius 3 is 1.39 bits per heavy atom. The van der Waals surface area contributed by atoms with Crippen LogP contribution in [0.3, 0.4) is 0 Å². The van der Waals surface area contributed by atoms with Gasteiger partial charge in [-0.05, 0) is 19.4 Å². The van der Waals surface area contributed by atoms with Crippen LogP contribution >= 0.6 is 12.4 Å². The Morgan fingerprint density at radius 1 is 0.722 bits per heavy atom. The molecule has 0 aromatic carbocycles. The molecule has 3 nitrogen and oxygen atoms in total. The predicted molar refractivity (Wildman–Crippen MR) is 79.3 cm³/mol. The number of carboxylic acids is 1. The standard InChI is InChI=1S/C14H29NO2.ClH/c15-13-11-9-7-5-3-1-2-4-6-8-10-12-14(16)17;/h1-13,15H2,(H,16,17);1H. The van der Waals surface area contributed by atoms with Gasteiger partial charge in [-0.1, -0.05) is 57.8 Å². The third kappa shape index (κ3) is 18.1. The molecule has 0 aliphatic carbocycles. The number of unbranched alkanes of at least 4 members (excludes halogenated alkanes) is 10. The van der Waals surface area contributed by atoms with Gasteiger partial charge in [0.25, 0.3) is 0 Å². The molecule has 0 aliphatic heterocycles. The van der Waals surface area contributed by atoms with E-state index in [1.54, 1.807) is 0 Å². The first-order valence-electron chi connectivity index (χ1n) is 7.19. The number of carboxylic acid groups (broad SMARTS) is 1. The van der Waals surface area contributed by atoms with E-state index in [0.29, 0.717) is 6.42 Å². The summed E-state index contributed by atoms with van der Waals surface area (Å²) in [6.45, 7) is 0.830. The van der Waals surface area contributed by atoms with Crippen molar-refractivity contribution >= 4 is 18.4 Å². The highest BCUT2D eigenvalue weighted by Gasteiger charge is 1.96. The molecule has 0 radical (unpaired) electrons. The highest BCUT2D eigenvalue weighted by molar-refractivity contribution is 5.85. The van der Waals surface area contributed by atoms with Crippen molar-refractivity contribution in [3.05, 3.63) is 0 Å². The molecule has 3 N–H and O–H groups in total. The summed E-state index contributed by atoms with van der Waals surface area (Å²) < 4.78 is 0. The zero-order valence-electron chi connectivity index (χ0n) is 11.5. The zero-order chi connectivity index (χ0) is 12.8. The van der Waals surface area contributed by atoms with Crippen LogP contribution in [0.5, 0.6) is 0 Å². The second kappa shape index (κ2) is 16.7. The molecule has 0 amide bonds. The molecule has 0 heterocycles. The number of hydrogen-bond acceptors (Lipinski definition) is 2. The quantitative estimate of drug-likeness (QED) is 0.498. The average Bonchev–Trinajstić information content (AvgIpc) is 2.30. The SMILES string of the molecule is Cl.NCCCCCCCCCCCCCC(=O)O.